The predicted molar refractivity (Wildman–Crippen MR) is 71.9 cm³/mol. The van der Waals surface area contributed by atoms with Crippen LogP contribution in [0.2, 0.25) is 0 Å². The Bertz CT molecular complexity index is 602. The van der Waals surface area contributed by atoms with Gasteiger partial charge in [-0.3, -0.25) is 4.79 Å². The summed E-state index contributed by atoms with van der Waals surface area (Å²) in [6, 6.07) is 5.80. The third-order valence-corrected chi connectivity index (χ3v) is 3.03. The number of nitrogens with one attached hydrogen (secondary N) is 1. The number of carboxylic acid groups (broad SMARTS) is 1. The van der Waals surface area contributed by atoms with E-state index in [0.29, 0.717) is 19.0 Å². The second kappa shape index (κ2) is 5.01. The largest absolute Gasteiger partial charge is 0.481 e. The molecule has 0 aliphatic rings. The number of carboxylic acids is 1. The molecule has 1 aromatic carbocycles. The molecular weight excluding hydrogens is 244 g/mol. The first-order valence-electron chi connectivity index (χ1n) is 6.19. The quantitative estimate of drug-likeness (QED) is 0.865. The molecule has 19 heavy (non-hydrogen) atoms. The lowest BCUT2D eigenvalue weighted by molar-refractivity contribution is -0.146. The number of fused-ring (bicyclic) bond motifs is 1. The molecule has 0 fully saturated rings. The van der Waals surface area contributed by atoms with Gasteiger partial charge in [-0.25, -0.2) is 4.98 Å². The van der Waals surface area contributed by atoms with E-state index < -0.39 is 11.4 Å². The number of aryl methyl sites for hydroxylation is 1. The number of aromatic nitrogens is 1. The third-order valence-electron chi connectivity index (χ3n) is 3.03. The Morgan fingerprint density at radius 3 is 2.89 bits per heavy atom. The Labute approximate surface area is 111 Å². The molecule has 1 aromatic heterocycles. The molecule has 102 valence electrons. The van der Waals surface area contributed by atoms with Gasteiger partial charge >= 0.3 is 5.97 Å². The van der Waals surface area contributed by atoms with Crippen molar-refractivity contribution >= 4 is 17.1 Å². The van der Waals surface area contributed by atoms with Crippen molar-refractivity contribution in [2.75, 3.05) is 6.54 Å². The SMILES string of the molecule is Cc1nc2ccc(CNCC(C)(C)C(=O)O)cc2o1. The number of hydrogen-bond acceptors (Lipinski definition) is 4. The Hall–Kier alpha value is -1.88. The van der Waals surface area contributed by atoms with Gasteiger partial charge in [-0.2, -0.15) is 0 Å². The molecular formula is C14H18N2O3. The number of carbonyl (C=O) groups is 1. The van der Waals surface area contributed by atoms with E-state index in [4.69, 9.17) is 9.52 Å². The monoisotopic (exact) mass is 262 g/mol. The molecule has 0 saturated heterocycles. The first-order valence-corrected chi connectivity index (χ1v) is 6.19. The van der Waals surface area contributed by atoms with Crippen molar-refractivity contribution < 1.29 is 14.3 Å². The molecule has 5 nitrogen and oxygen atoms in total. The summed E-state index contributed by atoms with van der Waals surface area (Å²) in [5.41, 5.74) is 1.87. The maximum absolute atomic E-state index is 11.0. The van der Waals surface area contributed by atoms with Crippen molar-refractivity contribution in [1.29, 1.82) is 0 Å². The summed E-state index contributed by atoms with van der Waals surface area (Å²) in [5, 5.41) is 12.2. The highest BCUT2D eigenvalue weighted by molar-refractivity contribution is 5.74. The molecule has 1 heterocycles. The van der Waals surface area contributed by atoms with Crippen molar-refractivity contribution in [2.24, 2.45) is 5.41 Å². The van der Waals surface area contributed by atoms with Crippen LogP contribution >= 0.6 is 0 Å². The van der Waals surface area contributed by atoms with Crippen LogP contribution in [0.5, 0.6) is 0 Å². The lowest BCUT2D eigenvalue weighted by atomic mass is 9.94. The van der Waals surface area contributed by atoms with E-state index in [9.17, 15) is 4.79 Å². The number of rotatable bonds is 5. The van der Waals surface area contributed by atoms with Gasteiger partial charge in [-0.15, -0.1) is 0 Å². The predicted octanol–water partition coefficient (Wildman–Crippen LogP) is 2.34. The van der Waals surface area contributed by atoms with E-state index in [2.05, 4.69) is 10.3 Å². The molecule has 0 spiro atoms. The molecule has 2 aromatic rings. The first kappa shape index (κ1) is 13.5. The lowest BCUT2D eigenvalue weighted by Gasteiger charge is -2.19. The minimum absolute atomic E-state index is 0.413. The Morgan fingerprint density at radius 2 is 2.21 bits per heavy atom. The summed E-state index contributed by atoms with van der Waals surface area (Å²) in [4.78, 5) is 15.2. The zero-order chi connectivity index (χ0) is 14.0. The van der Waals surface area contributed by atoms with Crippen LogP contribution < -0.4 is 5.32 Å². The molecule has 0 saturated carbocycles. The van der Waals surface area contributed by atoms with Gasteiger partial charge in [-0.1, -0.05) is 6.07 Å². The van der Waals surface area contributed by atoms with E-state index in [1.165, 1.54) is 0 Å². The number of hydrogen-bond donors (Lipinski definition) is 2. The van der Waals surface area contributed by atoms with E-state index in [1.807, 2.05) is 25.1 Å². The summed E-state index contributed by atoms with van der Waals surface area (Å²) >= 11 is 0. The van der Waals surface area contributed by atoms with Gasteiger partial charge in [0.2, 0.25) is 0 Å². The Morgan fingerprint density at radius 1 is 1.47 bits per heavy atom. The van der Waals surface area contributed by atoms with Crippen LogP contribution in [0.4, 0.5) is 0 Å². The highest BCUT2D eigenvalue weighted by Crippen LogP contribution is 2.17. The minimum Gasteiger partial charge on any atom is -0.481 e. The number of oxazole rings is 1. The van der Waals surface area contributed by atoms with Gasteiger partial charge in [0.15, 0.2) is 11.5 Å². The van der Waals surface area contributed by atoms with Crippen LogP contribution in [0.1, 0.15) is 25.3 Å². The second-order valence-corrected chi connectivity index (χ2v) is 5.33. The van der Waals surface area contributed by atoms with Gasteiger partial charge in [-0.05, 0) is 31.5 Å². The summed E-state index contributed by atoms with van der Waals surface area (Å²) in [7, 11) is 0. The Balaban J connectivity index is 2.00. The van der Waals surface area contributed by atoms with Crippen molar-refractivity contribution in [3.63, 3.8) is 0 Å². The molecule has 0 unspecified atom stereocenters. The highest BCUT2D eigenvalue weighted by atomic mass is 16.4. The highest BCUT2D eigenvalue weighted by Gasteiger charge is 2.26. The molecule has 0 aliphatic carbocycles. The molecule has 0 aliphatic heterocycles. The fourth-order valence-corrected chi connectivity index (χ4v) is 1.79. The van der Waals surface area contributed by atoms with Crippen LogP contribution in [0.15, 0.2) is 22.6 Å². The molecule has 2 rings (SSSR count). The van der Waals surface area contributed by atoms with Gasteiger partial charge in [0.1, 0.15) is 5.52 Å². The summed E-state index contributed by atoms with van der Waals surface area (Å²) < 4.78 is 5.46. The molecule has 0 radical (unpaired) electrons. The fraction of sp³-hybridized carbons (Fsp3) is 0.429. The van der Waals surface area contributed by atoms with Crippen molar-refractivity contribution in [2.45, 2.75) is 27.3 Å². The summed E-state index contributed by atoms with van der Waals surface area (Å²) in [6.07, 6.45) is 0. The summed E-state index contributed by atoms with van der Waals surface area (Å²) in [5.74, 6) is -0.159. The maximum atomic E-state index is 11.0. The van der Waals surface area contributed by atoms with Crippen molar-refractivity contribution in [1.82, 2.24) is 10.3 Å². The normalized spacial score (nSPS) is 11.9. The van der Waals surface area contributed by atoms with Gasteiger partial charge in [0.25, 0.3) is 0 Å². The Kier molecular flexibility index (Phi) is 3.57. The zero-order valence-corrected chi connectivity index (χ0v) is 11.4. The minimum atomic E-state index is -0.804. The first-order chi connectivity index (χ1) is 8.88. The molecule has 0 amide bonds. The van der Waals surface area contributed by atoms with Crippen LogP contribution in [0, 0.1) is 12.3 Å². The van der Waals surface area contributed by atoms with Crippen molar-refractivity contribution in [3.05, 3.63) is 29.7 Å². The van der Waals surface area contributed by atoms with Crippen molar-refractivity contribution in [3.8, 4) is 0 Å². The number of benzene rings is 1. The molecule has 0 bridgehead atoms. The molecule has 5 heteroatoms. The summed E-state index contributed by atoms with van der Waals surface area (Å²) in [6.45, 7) is 6.23. The topological polar surface area (TPSA) is 75.4 Å². The smallest absolute Gasteiger partial charge is 0.310 e. The van der Waals surface area contributed by atoms with E-state index in [0.717, 1.165) is 16.7 Å². The van der Waals surface area contributed by atoms with Crippen LogP contribution in [-0.4, -0.2) is 22.6 Å². The van der Waals surface area contributed by atoms with Crippen LogP contribution in [0.25, 0.3) is 11.1 Å². The lowest BCUT2D eigenvalue weighted by Crippen LogP contribution is -2.35. The average Bonchev–Trinajstić information content (AvgIpc) is 2.68. The van der Waals surface area contributed by atoms with Gasteiger partial charge in [0.05, 0.1) is 5.41 Å². The third kappa shape index (κ3) is 3.12. The van der Waals surface area contributed by atoms with Gasteiger partial charge in [0, 0.05) is 20.0 Å². The van der Waals surface area contributed by atoms with Crippen LogP contribution in [-0.2, 0) is 11.3 Å². The standard InChI is InChI=1S/C14H18N2O3/c1-9-16-11-5-4-10(6-12(11)19-9)7-15-8-14(2,3)13(17)18/h4-6,15H,7-8H2,1-3H3,(H,17,18). The molecule has 2 N–H and O–H groups in total. The zero-order valence-electron chi connectivity index (χ0n) is 11.4. The number of aliphatic carboxylic acids is 1. The maximum Gasteiger partial charge on any atom is 0.310 e. The van der Waals surface area contributed by atoms with E-state index in [-0.39, 0.29) is 0 Å². The number of nitrogens with zero attached hydrogens (tertiary/aromatic N) is 1. The van der Waals surface area contributed by atoms with E-state index in [1.54, 1.807) is 13.8 Å². The molecule has 0 atom stereocenters. The van der Waals surface area contributed by atoms with E-state index >= 15 is 0 Å². The average molecular weight is 262 g/mol. The fourth-order valence-electron chi connectivity index (χ4n) is 1.79. The second-order valence-electron chi connectivity index (χ2n) is 5.33. The van der Waals surface area contributed by atoms with Gasteiger partial charge < -0.3 is 14.8 Å². The van der Waals surface area contributed by atoms with Crippen LogP contribution in [0.3, 0.4) is 0 Å².